The zero-order valence-electron chi connectivity index (χ0n) is 32.3. The number of aliphatic hydroxyl groups is 1. The minimum atomic E-state index is -0.0492. The fourth-order valence-electron chi connectivity index (χ4n) is 6.09. The Morgan fingerprint density at radius 3 is 1.35 bits per heavy atom. The molecule has 0 aliphatic rings. The van der Waals surface area contributed by atoms with Crippen LogP contribution in [0.5, 0.6) is 0 Å². The summed E-state index contributed by atoms with van der Waals surface area (Å²) in [6.07, 6.45) is 15.1. The maximum Gasteiger partial charge on any atom is 0.305 e. The second-order valence-electron chi connectivity index (χ2n) is 16.1. The van der Waals surface area contributed by atoms with E-state index in [0.717, 1.165) is 77.3 Å². The Kier molecular flexibility index (Phi) is 27.1. The summed E-state index contributed by atoms with van der Waals surface area (Å²) in [6.45, 7) is 25.7. The summed E-state index contributed by atoms with van der Waals surface area (Å²) in [7, 11) is 0. The summed E-state index contributed by atoms with van der Waals surface area (Å²) >= 11 is 0. The Labute approximate surface area is 286 Å². The maximum absolute atomic E-state index is 12.4. The highest BCUT2D eigenvalue weighted by molar-refractivity contribution is 5.69. The standard InChI is InChI=1S/C40H79NO5/c1-31(2)21-23-37(33(5)6)29-45-39(43)19-15-12-11-13-17-25-41(36(10)27-35(9)28-42)26-18-14-16-20-40(44)46-30-38(34(7)8)24-22-32(3)4/h31-38,42H,11-30H2,1-10H3. The van der Waals surface area contributed by atoms with Gasteiger partial charge in [-0.25, -0.2) is 0 Å². The number of carbonyl (C=O) groups is 2. The van der Waals surface area contributed by atoms with E-state index in [9.17, 15) is 14.7 Å². The molecule has 0 aromatic heterocycles. The van der Waals surface area contributed by atoms with Crippen LogP contribution in [0.2, 0.25) is 0 Å². The van der Waals surface area contributed by atoms with Gasteiger partial charge in [0.1, 0.15) is 0 Å². The number of hydrogen-bond acceptors (Lipinski definition) is 6. The van der Waals surface area contributed by atoms with Gasteiger partial charge in [0, 0.05) is 25.5 Å². The molecule has 0 saturated heterocycles. The number of ether oxygens (including phenoxy) is 2. The van der Waals surface area contributed by atoms with Crippen molar-refractivity contribution < 1.29 is 24.2 Å². The topological polar surface area (TPSA) is 76.1 Å². The number of hydrogen-bond donors (Lipinski definition) is 1. The van der Waals surface area contributed by atoms with Gasteiger partial charge < -0.3 is 19.5 Å². The minimum absolute atomic E-state index is 0.0390. The fraction of sp³-hybridized carbons (Fsp3) is 0.950. The molecule has 0 bridgehead atoms. The lowest BCUT2D eigenvalue weighted by molar-refractivity contribution is -0.146. The predicted octanol–water partition coefficient (Wildman–Crippen LogP) is 10.1. The summed E-state index contributed by atoms with van der Waals surface area (Å²) in [5.74, 6) is 3.56. The van der Waals surface area contributed by atoms with E-state index >= 15 is 0 Å². The van der Waals surface area contributed by atoms with Gasteiger partial charge in [0.15, 0.2) is 0 Å². The van der Waals surface area contributed by atoms with E-state index in [1.165, 1.54) is 19.3 Å². The lowest BCUT2D eigenvalue weighted by Gasteiger charge is -2.31. The van der Waals surface area contributed by atoms with Gasteiger partial charge in [0.25, 0.3) is 0 Å². The van der Waals surface area contributed by atoms with Crippen molar-refractivity contribution in [2.24, 2.45) is 41.4 Å². The molecule has 4 atom stereocenters. The van der Waals surface area contributed by atoms with Crippen molar-refractivity contribution in [1.82, 2.24) is 4.90 Å². The molecule has 274 valence electrons. The molecule has 0 radical (unpaired) electrons. The Hall–Kier alpha value is -1.14. The van der Waals surface area contributed by atoms with E-state index < -0.39 is 0 Å². The molecule has 0 aliphatic carbocycles. The monoisotopic (exact) mass is 654 g/mol. The minimum Gasteiger partial charge on any atom is -0.465 e. The average molecular weight is 654 g/mol. The van der Waals surface area contributed by atoms with Crippen LogP contribution in [-0.2, 0) is 19.1 Å². The Morgan fingerprint density at radius 1 is 0.565 bits per heavy atom. The highest BCUT2D eigenvalue weighted by atomic mass is 16.5. The molecule has 0 amide bonds. The van der Waals surface area contributed by atoms with Crippen molar-refractivity contribution in [2.45, 2.75) is 172 Å². The zero-order valence-corrected chi connectivity index (χ0v) is 32.3. The van der Waals surface area contributed by atoms with E-state index in [1.807, 2.05) is 0 Å². The van der Waals surface area contributed by atoms with E-state index in [-0.39, 0.29) is 18.5 Å². The molecule has 0 saturated carbocycles. The molecule has 0 aliphatic heterocycles. The van der Waals surface area contributed by atoms with E-state index in [1.54, 1.807) is 0 Å². The van der Waals surface area contributed by atoms with Crippen LogP contribution in [0.25, 0.3) is 0 Å². The Bertz CT molecular complexity index is 737. The van der Waals surface area contributed by atoms with E-state index in [4.69, 9.17) is 9.47 Å². The highest BCUT2D eigenvalue weighted by Crippen LogP contribution is 2.22. The molecule has 0 aromatic rings. The van der Waals surface area contributed by atoms with Gasteiger partial charge in [-0.3, -0.25) is 9.59 Å². The average Bonchev–Trinajstić information content (AvgIpc) is 2.98. The molecule has 6 nitrogen and oxygen atoms in total. The van der Waals surface area contributed by atoms with Crippen molar-refractivity contribution in [1.29, 1.82) is 0 Å². The maximum atomic E-state index is 12.4. The summed E-state index contributed by atoms with van der Waals surface area (Å²) < 4.78 is 11.3. The van der Waals surface area contributed by atoms with Gasteiger partial charge in [0.2, 0.25) is 0 Å². The first kappa shape index (κ1) is 44.9. The molecule has 0 rings (SSSR count). The first-order valence-corrected chi connectivity index (χ1v) is 19.4. The van der Waals surface area contributed by atoms with Crippen molar-refractivity contribution in [2.75, 3.05) is 32.9 Å². The third-order valence-electron chi connectivity index (χ3n) is 9.86. The van der Waals surface area contributed by atoms with Gasteiger partial charge in [-0.1, -0.05) is 101 Å². The number of nitrogens with zero attached hydrogens (tertiary/aromatic N) is 1. The van der Waals surface area contributed by atoms with Crippen LogP contribution < -0.4 is 0 Å². The number of esters is 2. The summed E-state index contributed by atoms with van der Waals surface area (Å²) in [4.78, 5) is 27.3. The predicted molar refractivity (Wildman–Crippen MR) is 195 cm³/mol. The lowest BCUT2D eigenvalue weighted by Crippen LogP contribution is -2.36. The van der Waals surface area contributed by atoms with Crippen LogP contribution >= 0.6 is 0 Å². The van der Waals surface area contributed by atoms with Crippen molar-refractivity contribution in [3.8, 4) is 0 Å². The summed E-state index contributed by atoms with van der Waals surface area (Å²) in [6, 6.07) is 0.427. The number of rotatable bonds is 30. The largest absolute Gasteiger partial charge is 0.465 e. The second kappa shape index (κ2) is 27.8. The number of aliphatic hydroxyl groups excluding tert-OH is 1. The molecule has 4 unspecified atom stereocenters. The normalized spacial score (nSPS) is 14.8. The van der Waals surface area contributed by atoms with Crippen LogP contribution in [0.4, 0.5) is 0 Å². The van der Waals surface area contributed by atoms with Crippen LogP contribution in [0, 0.1) is 41.4 Å². The summed E-state index contributed by atoms with van der Waals surface area (Å²) in [5.41, 5.74) is 0. The van der Waals surface area contributed by atoms with Crippen LogP contribution in [-0.4, -0.2) is 60.9 Å². The lowest BCUT2D eigenvalue weighted by atomic mass is 9.89. The molecular weight excluding hydrogens is 574 g/mol. The third-order valence-corrected chi connectivity index (χ3v) is 9.86. The van der Waals surface area contributed by atoms with Crippen molar-refractivity contribution in [3.05, 3.63) is 0 Å². The van der Waals surface area contributed by atoms with Crippen molar-refractivity contribution >= 4 is 11.9 Å². The molecule has 0 spiro atoms. The third kappa shape index (κ3) is 25.0. The SMILES string of the molecule is CC(C)CCC(COC(=O)CCCCCCCN(CCCCCC(=O)OCC(CCC(C)C)C(C)C)C(C)CC(C)CO)C(C)C. The first-order chi connectivity index (χ1) is 21.8. The molecule has 46 heavy (non-hydrogen) atoms. The van der Waals surface area contributed by atoms with Gasteiger partial charge in [-0.2, -0.15) is 0 Å². The second-order valence-corrected chi connectivity index (χ2v) is 16.1. The molecule has 0 aromatic carbocycles. The van der Waals surface area contributed by atoms with Crippen molar-refractivity contribution in [3.63, 3.8) is 0 Å². The first-order valence-electron chi connectivity index (χ1n) is 19.4. The van der Waals surface area contributed by atoms with E-state index in [2.05, 4.69) is 74.1 Å². The highest BCUT2D eigenvalue weighted by Gasteiger charge is 2.19. The molecular formula is C40H79NO5. The molecule has 1 N–H and O–H groups in total. The smallest absolute Gasteiger partial charge is 0.305 e. The Morgan fingerprint density at radius 2 is 0.957 bits per heavy atom. The van der Waals surface area contributed by atoms with Gasteiger partial charge >= 0.3 is 11.9 Å². The summed E-state index contributed by atoms with van der Waals surface area (Å²) in [5, 5.41) is 9.59. The molecule has 6 heteroatoms. The van der Waals surface area contributed by atoms with Gasteiger partial charge in [0.05, 0.1) is 13.2 Å². The number of unbranched alkanes of at least 4 members (excludes halogenated alkanes) is 6. The zero-order chi connectivity index (χ0) is 34.9. The fourth-order valence-corrected chi connectivity index (χ4v) is 6.09. The van der Waals surface area contributed by atoms with Crippen LogP contribution in [0.3, 0.4) is 0 Å². The van der Waals surface area contributed by atoms with Gasteiger partial charge in [-0.05, 0) is 106 Å². The molecule has 0 heterocycles. The van der Waals surface area contributed by atoms with Gasteiger partial charge in [-0.15, -0.1) is 0 Å². The Balaban J connectivity index is 4.36. The van der Waals surface area contributed by atoms with Crippen LogP contribution in [0.15, 0.2) is 0 Å². The van der Waals surface area contributed by atoms with Crippen LogP contribution in [0.1, 0.15) is 166 Å². The molecule has 0 fully saturated rings. The quantitative estimate of drug-likeness (QED) is 0.0614. The number of carbonyl (C=O) groups excluding carboxylic acids is 2. The van der Waals surface area contributed by atoms with E-state index in [0.29, 0.717) is 73.5 Å².